The van der Waals surface area contributed by atoms with Crippen LogP contribution in [0.3, 0.4) is 0 Å². The molecule has 0 N–H and O–H groups in total. The molecule has 142 valence electrons. The van der Waals surface area contributed by atoms with Gasteiger partial charge in [-0.25, -0.2) is 0 Å². The molecule has 7 heteroatoms. The summed E-state index contributed by atoms with van der Waals surface area (Å²) in [5, 5.41) is 4.15. The van der Waals surface area contributed by atoms with Crippen LogP contribution in [0, 0.1) is 0 Å². The van der Waals surface area contributed by atoms with E-state index >= 15 is 0 Å². The maximum Gasteiger partial charge on any atom is 0.123 e. The first-order chi connectivity index (χ1) is 12.7. The molecular weight excluding hydrogens is 348 g/mol. The highest BCUT2D eigenvalue weighted by Crippen LogP contribution is 2.21. The summed E-state index contributed by atoms with van der Waals surface area (Å²) < 4.78 is 18.5. The molecule has 1 unspecified atom stereocenters. The Kier molecular flexibility index (Phi) is 6.82. The molecule has 1 fully saturated rings. The number of benzene rings is 1. The van der Waals surface area contributed by atoms with Crippen molar-refractivity contribution in [2.24, 2.45) is 0 Å². The maximum absolute atomic E-state index is 11.4. The minimum absolute atomic E-state index is 0.699. The summed E-state index contributed by atoms with van der Waals surface area (Å²) in [5.74, 6) is 0.932. The van der Waals surface area contributed by atoms with Gasteiger partial charge < -0.3 is 19.1 Å². The summed E-state index contributed by atoms with van der Waals surface area (Å²) in [7, 11) is 0. The summed E-state index contributed by atoms with van der Waals surface area (Å²) in [6.45, 7) is 8.00. The summed E-state index contributed by atoms with van der Waals surface area (Å²) in [4.78, 5) is 4.96. The molecule has 1 atom stereocenters. The summed E-state index contributed by atoms with van der Waals surface area (Å²) in [5.41, 5.74) is 2.41. The standard InChI is InChI=1S/C19H28N4O2S/c1-3-25-19-7-5-18(6-8-19)22-11-4-10-21(13-14-22)12-9-17-15-20-23(16-17)26(2)24/h5-8,15-16H,3-4,9-14H2,1-2H3. The molecule has 1 saturated heterocycles. The van der Waals surface area contributed by atoms with E-state index in [1.807, 2.05) is 19.3 Å². The minimum Gasteiger partial charge on any atom is -0.592 e. The highest BCUT2D eigenvalue weighted by molar-refractivity contribution is 7.89. The van der Waals surface area contributed by atoms with Crippen molar-refractivity contribution in [3.8, 4) is 5.75 Å². The lowest BCUT2D eigenvalue weighted by molar-refractivity contribution is 0.297. The highest BCUT2D eigenvalue weighted by Gasteiger charge is 2.16. The van der Waals surface area contributed by atoms with E-state index in [1.165, 1.54) is 9.77 Å². The number of anilines is 1. The zero-order valence-electron chi connectivity index (χ0n) is 15.6. The Balaban J connectivity index is 1.49. The number of nitrogens with zero attached hydrogens (tertiary/aromatic N) is 4. The number of aromatic nitrogens is 2. The first-order valence-electron chi connectivity index (χ1n) is 9.23. The van der Waals surface area contributed by atoms with Gasteiger partial charge in [-0.1, -0.05) is 4.09 Å². The van der Waals surface area contributed by atoms with Crippen molar-refractivity contribution < 1.29 is 9.29 Å². The van der Waals surface area contributed by atoms with Gasteiger partial charge in [0, 0.05) is 31.9 Å². The van der Waals surface area contributed by atoms with Crippen LogP contribution in [0.1, 0.15) is 18.9 Å². The zero-order chi connectivity index (χ0) is 18.4. The fourth-order valence-electron chi connectivity index (χ4n) is 3.27. The Morgan fingerprint density at radius 1 is 1.15 bits per heavy atom. The predicted octanol–water partition coefficient (Wildman–Crippen LogP) is 2.18. The van der Waals surface area contributed by atoms with E-state index in [2.05, 4.69) is 39.2 Å². The van der Waals surface area contributed by atoms with E-state index in [9.17, 15) is 4.55 Å². The molecule has 1 aromatic heterocycles. The van der Waals surface area contributed by atoms with Gasteiger partial charge in [0.1, 0.15) is 12.0 Å². The summed E-state index contributed by atoms with van der Waals surface area (Å²) >= 11 is -1.07. The molecule has 26 heavy (non-hydrogen) atoms. The number of ether oxygens (including phenoxy) is 1. The molecular formula is C19H28N4O2S. The van der Waals surface area contributed by atoms with Crippen molar-refractivity contribution >= 4 is 17.0 Å². The third-order valence-electron chi connectivity index (χ3n) is 4.70. The van der Waals surface area contributed by atoms with Gasteiger partial charge in [0.2, 0.25) is 0 Å². The van der Waals surface area contributed by atoms with Crippen LogP contribution in [0.25, 0.3) is 0 Å². The van der Waals surface area contributed by atoms with Crippen molar-refractivity contribution in [3.05, 3.63) is 42.2 Å². The lowest BCUT2D eigenvalue weighted by Crippen LogP contribution is -2.32. The molecule has 0 radical (unpaired) electrons. The molecule has 1 aliphatic rings. The van der Waals surface area contributed by atoms with E-state index in [-0.39, 0.29) is 0 Å². The van der Waals surface area contributed by atoms with E-state index in [1.54, 1.807) is 6.26 Å². The topological polar surface area (TPSA) is 56.6 Å². The van der Waals surface area contributed by atoms with Gasteiger partial charge in [-0.2, -0.15) is 0 Å². The van der Waals surface area contributed by atoms with Gasteiger partial charge in [-0.3, -0.25) is 0 Å². The second-order valence-corrected chi connectivity index (χ2v) is 7.76. The smallest absolute Gasteiger partial charge is 0.123 e. The van der Waals surface area contributed by atoms with Gasteiger partial charge in [-0.05, 0) is 56.1 Å². The lowest BCUT2D eigenvalue weighted by atomic mass is 10.2. The first kappa shape index (κ1) is 19.1. The normalized spacial score (nSPS) is 17.1. The van der Waals surface area contributed by atoms with Gasteiger partial charge in [0.05, 0.1) is 30.4 Å². The van der Waals surface area contributed by atoms with Gasteiger partial charge in [0.25, 0.3) is 0 Å². The second kappa shape index (κ2) is 9.30. The fraction of sp³-hybridized carbons (Fsp3) is 0.526. The summed E-state index contributed by atoms with van der Waals surface area (Å²) in [6, 6.07) is 8.41. The van der Waals surface area contributed by atoms with Crippen LogP contribution in [0.4, 0.5) is 5.69 Å². The predicted molar refractivity (Wildman–Crippen MR) is 106 cm³/mol. The highest BCUT2D eigenvalue weighted by atomic mass is 32.2. The lowest BCUT2D eigenvalue weighted by Gasteiger charge is -2.23. The van der Waals surface area contributed by atoms with Crippen molar-refractivity contribution in [2.75, 3.05) is 50.5 Å². The van der Waals surface area contributed by atoms with E-state index in [4.69, 9.17) is 4.74 Å². The SMILES string of the molecule is CCOc1ccc(N2CCCN(CCc3cnn([S+](C)[O-])c3)CC2)cc1. The van der Waals surface area contributed by atoms with E-state index in [0.717, 1.165) is 56.9 Å². The Bertz CT molecular complexity index is 674. The second-order valence-electron chi connectivity index (χ2n) is 6.53. The van der Waals surface area contributed by atoms with Crippen LogP contribution in [-0.4, -0.2) is 64.2 Å². The van der Waals surface area contributed by atoms with Gasteiger partial charge in [-0.15, -0.1) is 5.10 Å². The monoisotopic (exact) mass is 376 g/mol. The molecule has 6 nitrogen and oxygen atoms in total. The Labute approximate surface area is 159 Å². The molecule has 0 aliphatic carbocycles. The van der Waals surface area contributed by atoms with Gasteiger partial charge >= 0.3 is 0 Å². The maximum atomic E-state index is 11.4. The van der Waals surface area contributed by atoms with Crippen LogP contribution >= 0.6 is 0 Å². The van der Waals surface area contributed by atoms with Crippen molar-refractivity contribution in [3.63, 3.8) is 0 Å². The molecule has 0 spiro atoms. The Morgan fingerprint density at radius 3 is 2.65 bits per heavy atom. The quantitative estimate of drug-likeness (QED) is 0.693. The van der Waals surface area contributed by atoms with Crippen LogP contribution in [-0.2, 0) is 17.8 Å². The summed E-state index contributed by atoms with van der Waals surface area (Å²) in [6.07, 6.45) is 7.46. The molecule has 1 aromatic carbocycles. The molecule has 0 amide bonds. The van der Waals surface area contributed by atoms with Crippen molar-refractivity contribution in [1.29, 1.82) is 0 Å². The van der Waals surface area contributed by atoms with Crippen LogP contribution in [0.2, 0.25) is 0 Å². The zero-order valence-corrected chi connectivity index (χ0v) is 16.5. The molecule has 0 bridgehead atoms. The molecule has 3 rings (SSSR count). The van der Waals surface area contributed by atoms with Crippen molar-refractivity contribution in [2.45, 2.75) is 19.8 Å². The fourth-order valence-corrected chi connectivity index (χ4v) is 3.73. The largest absolute Gasteiger partial charge is 0.592 e. The Hall–Kier alpha value is -1.70. The van der Waals surface area contributed by atoms with Crippen LogP contribution < -0.4 is 9.64 Å². The average molecular weight is 377 g/mol. The van der Waals surface area contributed by atoms with E-state index < -0.39 is 11.4 Å². The molecule has 1 aliphatic heterocycles. The third kappa shape index (κ3) is 5.16. The van der Waals surface area contributed by atoms with Crippen LogP contribution in [0.15, 0.2) is 36.7 Å². The Morgan fingerprint density at radius 2 is 1.96 bits per heavy atom. The number of hydrogen-bond donors (Lipinski definition) is 0. The minimum atomic E-state index is -1.07. The molecule has 0 saturated carbocycles. The van der Waals surface area contributed by atoms with E-state index in [0.29, 0.717) is 6.61 Å². The third-order valence-corrected chi connectivity index (χ3v) is 5.42. The molecule has 2 heterocycles. The van der Waals surface area contributed by atoms with Crippen LogP contribution in [0.5, 0.6) is 5.75 Å². The molecule has 2 aromatic rings. The first-order valence-corrected chi connectivity index (χ1v) is 10.7. The van der Waals surface area contributed by atoms with Crippen molar-refractivity contribution in [1.82, 2.24) is 14.1 Å². The number of rotatable bonds is 7. The average Bonchev–Trinajstić information content (AvgIpc) is 3.00. The van der Waals surface area contributed by atoms with Gasteiger partial charge in [0.15, 0.2) is 0 Å². The number of hydrogen-bond acceptors (Lipinski definition) is 5.